The lowest BCUT2D eigenvalue weighted by Crippen LogP contribution is -2.35. The van der Waals surface area contributed by atoms with E-state index in [9.17, 15) is 19.2 Å². The number of fused-ring (bicyclic) bond motifs is 3. The van der Waals surface area contributed by atoms with Crippen LogP contribution < -0.4 is 21.3 Å². The predicted octanol–water partition coefficient (Wildman–Crippen LogP) is 6.27. The van der Waals surface area contributed by atoms with E-state index in [0.717, 1.165) is 42.9 Å². The fourth-order valence-electron chi connectivity index (χ4n) is 7.10. The van der Waals surface area contributed by atoms with E-state index in [4.69, 9.17) is 45.0 Å². The number of benzene rings is 2. The van der Waals surface area contributed by atoms with Gasteiger partial charge in [0.25, 0.3) is 5.91 Å². The molecule has 0 fully saturated rings. The summed E-state index contributed by atoms with van der Waals surface area (Å²) in [6.07, 6.45) is 0.344. The van der Waals surface area contributed by atoms with Crippen molar-refractivity contribution in [3.05, 3.63) is 103 Å². The Morgan fingerprint density at radius 3 is 1.80 bits per heavy atom. The lowest BCUT2D eigenvalue weighted by Gasteiger charge is -2.13. The number of halogens is 1. The molecule has 0 unspecified atom stereocenters. The van der Waals surface area contributed by atoms with Crippen LogP contribution in [0.15, 0.2) is 53.5 Å². The van der Waals surface area contributed by atoms with Gasteiger partial charge in [0, 0.05) is 45.4 Å². The first kappa shape index (κ1) is 54.8. The smallest absolute Gasteiger partial charge is 0.259 e. The average molecular weight is 1040 g/mol. The second-order valence-corrected chi connectivity index (χ2v) is 19.0. The van der Waals surface area contributed by atoms with Crippen molar-refractivity contribution >= 4 is 74.4 Å². The summed E-state index contributed by atoms with van der Waals surface area (Å²) in [6.45, 7) is 14.6. The number of aryl methyl sites for hydroxylation is 4. The lowest BCUT2D eigenvalue weighted by atomic mass is 9.99. The number of nitrogens with one attached hydrogen (secondary N) is 4. The third-order valence-electron chi connectivity index (χ3n) is 11.0. The molecule has 0 bridgehead atoms. The summed E-state index contributed by atoms with van der Waals surface area (Å²) in [4.78, 5) is 62.6. The molecule has 71 heavy (non-hydrogen) atoms. The van der Waals surface area contributed by atoms with Gasteiger partial charge in [0.2, 0.25) is 17.7 Å². The summed E-state index contributed by atoms with van der Waals surface area (Å²) < 4.78 is 35.2. The highest BCUT2D eigenvalue weighted by Gasteiger charge is 2.32. The molecule has 0 aliphatic carbocycles. The first-order chi connectivity index (χ1) is 34.4. The molecular weight excluding hydrogens is 974 g/mol. The van der Waals surface area contributed by atoms with Gasteiger partial charge in [-0.2, -0.15) is 0 Å². The maximum absolute atomic E-state index is 13.2. The van der Waals surface area contributed by atoms with Crippen molar-refractivity contribution < 1.29 is 47.6 Å². The highest BCUT2D eigenvalue weighted by Crippen LogP contribution is 2.39. The van der Waals surface area contributed by atoms with Gasteiger partial charge in [0.15, 0.2) is 11.0 Å². The minimum absolute atomic E-state index is 0.0496. The molecule has 0 saturated heterocycles. The van der Waals surface area contributed by atoms with E-state index in [1.54, 1.807) is 35.6 Å². The van der Waals surface area contributed by atoms with Crippen LogP contribution in [0.2, 0.25) is 5.02 Å². The lowest BCUT2D eigenvalue weighted by molar-refractivity contribution is -0.123. The SMILES string of the molecule is Cc1nc(NC(=O)c2ccccc2NC(=O)CCOCCOCCOCCOCCOCCOCCC(=O)NCCNC(=O)C[C@@H]2N=C(c3ccc(Cl)cc3)c3c(sc(C)c3C)-n3c(C)nnc32)sc1C. The topological polar surface area (TPSA) is 228 Å². The van der Waals surface area contributed by atoms with Gasteiger partial charge in [0.05, 0.1) is 115 Å². The van der Waals surface area contributed by atoms with E-state index in [-0.39, 0.29) is 69.2 Å². The Morgan fingerprint density at radius 2 is 1.21 bits per heavy atom. The molecule has 0 radical (unpaired) electrons. The molecule has 6 rings (SSSR count). The Hall–Kier alpha value is -5.49. The summed E-state index contributed by atoms with van der Waals surface area (Å²) in [7, 11) is 0. The number of hydrogen-bond acceptors (Lipinski definition) is 16. The van der Waals surface area contributed by atoms with Crippen molar-refractivity contribution in [2.75, 3.05) is 103 Å². The number of aliphatic imine (C=N–C) groups is 1. The number of nitrogens with zero attached hydrogens (tertiary/aromatic N) is 5. The number of amides is 4. The monoisotopic (exact) mass is 1040 g/mol. The van der Waals surface area contributed by atoms with Crippen molar-refractivity contribution in [3.8, 4) is 5.00 Å². The van der Waals surface area contributed by atoms with Crippen LogP contribution in [0.1, 0.15) is 79.4 Å². The van der Waals surface area contributed by atoms with Gasteiger partial charge in [-0.3, -0.25) is 34.1 Å². The number of carbonyl (C=O) groups excluding carboxylic acids is 4. The van der Waals surface area contributed by atoms with Crippen LogP contribution in [0.25, 0.3) is 5.00 Å². The molecule has 1 atom stereocenters. The normalized spacial score (nSPS) is 13.0. The number of hydrogen-bond donors (Lipinski definition) is 4. The van der Waals surface area contributed by atoms with Gasteiger partial charge in [-0.15, -0.1) is 32.9 Å². The summed E-state index contributed by atoms with van der Waals surface area (Å²) >= 11 is 9.26. The third-order valence-corrected chi connectivity index (χ3v) is 13.4. The average Bonchev–Trinajstić information content (AvgIpc) is 3.96. The third kappa shape index (κ3) is 16.8. The van der Waals surface area contributed by atoms with Crippen LogP contribution in [0.5, 0.6) is 0 Å². The highest BCUT2D eigenvalue weighted by atomic mass is 35.5. The molecule has 0 spiro atoms. The summed E-state index contributed by atoms with van der Waals surface area (Å²) in [5.41, 5.74) is 5.39. The standard InChI is InChI=1S/C49H62ClN9O10S2/c1-31-33(3)70-48-44(31)45(36-10-12-37(50)13-11-36)55-40(46-58-57-35(5)59(46)48)30-43(62)52-17-16-51-41(60)14-18-64-20-22-66-24-26-68-28-29-69-27-25-67-23-21-65-19-15-42(61)54-39-9-7-6-8-38(39)47(63)56-49-53-32(2)34(4)71-49/h6-13,40H,14-30H2,1-5H3,(H,51,60)(H,52,62)(H,54,61)(H,53,56,63)/t40-/m0/s1. The molecule has 22 heteroatoms. The van der Waals surface area contributed by atoms with E-state index in [1.807, 2.05) is 49.6 Å². The van der Waals surface area contributed by atoms with E-state index < -0.39 is 6.04 Å². The molecule has 4 amide bonds. The van der Waals surface area contributed by atoms with Crippen LogP contribution in [0.3, 0.4) is 0 Å². The Morgan fingerprint density at radius 1 is 0.648 bits per heavy atom. The number of carbonyl (C=O) groups is 4. The molecule has 1 aliphatic rings. The van der Waals surface area contributed by atoms with Crippen molar-refractivity contribution in [2.24, 2.45) is 4.99 Å². The Bertz CT molecular complexity index is 2560. The van der Waals surface area contributed by atoms with E-state index in [1.165, 1.54) is 11.3 Å². The van der Waals surface area contributed by atoms with Crippen LogP contribution in [-0.4, -0.2) is 141 Å². The molecular formula is C49H62ClN9O10S2. The molecule has 4 N–H and O–H groups in total. The van der Waals surface area contributed by atoms with Crippen molar-refractivity contribution in [1.82, 2.24) is 30.4 Å². The van der Waals surface area contributed by atoms with Crippen molar-refractivity contribution in [1.29, 1.82) is 0 Å². The summed E-state index contributed by atoms with van der Waals surface area (Å²) in [5, 5.41) is 22.2. The number of para-hydroxylation sites is 1. The first-order valence-electron chi connectivity index (χ1n) is 23.4. The number of aromatic nitrogens is 4. The highest BCUT2D eigenvalue weighted by molar-refractivity contribution is 7.16. The van der Waals surface area contributed by atoms with Crippen LogP contribution in [-0.2, 0) is 42.8 Å². The number of ether oxygens (including phenoxy) is 6. The Kier molecular flexibility index (Phi) is 22.0. The fourth-order valence-corrected chi connectivity index (χ4v) is 9.25. The molecule has 19 nitrogen and oxygen atoms in total. The second-order valence-electron chi connectivity index (χ2n) is 16.2. The second kappa shape index (κ2) is 28.5. The quantitative estimate of drug-likeness (QED) is 0.0373. The van der Waals surface area contributed by atoms with Gasteiger partial charge in [-0.05, 0) is 64.4 Å². The molecule has 382 valence electrons. The Balaban J connectivity index is 0.717. The number of rotatable bonds is 30. The van der Waals surface area contributed by atoms with E-state index in [0.29, 0.717) is 99.1 Å². The van der Waals surface area contributed by atoms with E-state index in [2.05, 4.69) is 50.3 Å². The Labute approximate surface area is 426 Å². The van der Waals surface area contributed by atoms with Crippen molar-refractivity contribution in [2.45, 2.75) is 59.9 Å². The maximum atomic E-state index is 13.2. The number of anilines is 2. The predicted molar refractivity (Wildman–Crippen MR) is 273 cm³/mol. The van der Waals surface area contributed by atoms with Gasteiger partial charge < -0.3 is 44.4 Å². The zero-order chi connectivity index (χ0) is 50.5. The molecule has 1 aliphatic heterocycles. The zero-order valence-electron chi connectivity index (χ0n) is 40.7. The molecule has 3 aromatic heterocycles. The van der Waals surface area contributed by atoms with Crippen LogP contribution in [0.4, 0.5) is 10.8 Å². The largest absolute Gasteiger partial charge is 0.379 e. The minimum Gasteiger partial charge on any atom is -0.379 e. The zero-order valence-corrected chi connectivity index (χ0v) is 43.1. The molecule has 2 aromatic carbocycles. The van der Waals surface area contributed by atoms with Crippen molar-refractivity contribution in [3.63, 3.8) is 0 Å². The number of thiazole rings is 1. The summed E-state index contributed by atoms with van der Waals surface area (Å²) in [5.74, 6) is 0.279. The molecule has 0 saturated carbocycles. The molecule has 5 aromatic rings. The molecule has 4 heterocycles. The van der Waals surface area contributed by atoms with Crippen LogP contribution >= 0.6 is 34.3 Å². The summed E-state index contributed by atoms with van der Waals surface area (Å²) in [6, 6.07) is 13.8. The van der Waals surface area contributed by atoms with Gasteiger partial charge in [-0.25, -0.2) is 4.98 Å². The maximum Gasteiger partial charge on any atom is 0.259 e. The van der Waals surface area contributed by atoms with Gasteiger partial charge in [-0.1, -0.05) is 35.9 Å². The minimum atomic E-state index is -0.588. The fraction of sp³-hybridized carbons (Fsp3) is 0.469. The number of thiophene rings is 1. The van der Waals surface area contributed by atoms with Gasteiger partial charge in [0.1, 0.15) is 16.9 Å². The van der Waals surface area contributed by atoms with Gasteiger partial charge >= 0.3 is 0 Å². The van der Waals surface area contributed by atoms with Crippen LogP contribution in [0, 0.1) is 34.6 Å². The van der Waals surface area contributed by atoms with E-state index >= 15 is 0 Å². The first-order valence-corrected chi connectivity index (χ1v) is 25.4.